The second-order valence-corrected chi connectivity index (χ2v) is 6.71. The van der Waals surface area contributed by atoms with Crippen LogP contribution in [0.3, 0.4) is 0 Å². The van der Waals surface area contributed by atoms with Gasteiger partial charge in [-0.25, -0.2) is 9.97 Å². The van der Waals surface area contributed by atoms with Crippen LogP contribution >= 0.6 is 0 Å². The van der Waals surface area contributed by atoms with Crippen molar-refractivity contribution in [2.24, 2.45) is 0 Å². The highest BCUT2D eigenvalue weighted by atomic mass is 16.6. The number of nitrogens with one attached hydrogen (secondary N) is 1. The molecule has 2 heterocycles. The van der Waals surface area contributed by atoms with Crippen molar-refractivity contribution in [1.29, 1.82) is 0 Å². The predicted octanol–water partition coefficient (Wildman–Crippen LogP) is 4.21. The summed E-state index contributed by atoms with van der Waals surface area (Å²) < 4.78 is 1.61. The van der Waals surface area contributed by atoms with Crippen molar-refractivity contribution < 1.29 is 4.92 Å². The molecule has 0 aromatic carbocycles. The highest BCUT2D eigenvalue weighted by Gasteiger charge is 2.27. The molecule has 0 amide bonds. The molecule has 8 heteroatoms. The number of aryl methyl sites for hydroxylation is 2. The summed E-state index contributed by atoms with van der Waals surface area (Å²) >= 11 is 0. The quantitative estimate of drug-likeness (QED) is 0.595. The smallest absolute Gasteiger partial charge is 0.333 e. The molecule has 2 aromatic rings. The second kappa shape index (κ2) is 8.16. The van der Waals surface area contributed by atoms with Gasteiger partial charge in [0.1, 0.15) is 11.5 Å². The SMILES string of the molecule is C/C=C\C1=C(/C=C\C)CC(Nc2nc(C)c([N+](=O)[O-])c(-n3ccnc3C)n2)C1. The summed E-state index contributed by atoms with van der Waals surface area (Å²) in [5.74, 6) is 1.24. The minimum Gasteiger partial charge on any atom is -0.351 e. The molecule has 3 rings (SSSR count). The number of nitrogens with zero attached hydrogens (tertiary/aromatic N) is 5. The van der Waals surface area contributed by atoms with Crippen LogP contribution in [0.15, 0.2) is 47.8 Å². The van der Waals surface area contributed by atoms with Crippen molar-refractivity contribution >= 4 is 11.6 Å². The molecule has 0 saturated heterocycles. The summed E-state index contributed by atoms with van der Waals surface area (Å²) in [6.07, 6.45) is 13.3. The molecule has 1 aliphatic rings. The third-order valence-corrected chi connectivity index (χ3v) is 4.69. The maximum atomic E-state index is 11.6. The van der Waals surface area contributed by atoms with E-state index in [9.17, 15) is 10.1 Å². The van der Waals surface area contributed by atoms with Crippen LogP contribution in [0.25, 0.3) is 5.82 Å². The zero-order chi connectivity index (χ0) is 20.3. The first-order valence-electron chi connectivity index (χ1n) is 9.21. The van der Waals surface area contributed by atoms with Crippen molar-refractivity contribution in [3.63, 3.8) is 0 Å². The van der Waals surface area contributed by atoms with Crippen LogP contribution in [-0.2, 0) is 0 Å². The first kappa shape index (κ1) is 19.5. The topological polar surface area (TPSA) is 98.8 Å². The summed E-state index contributed by atoms with van der Waals surface area (Å²) in [5.41, 5.74) is 2.77. The lowest BCUT2D eigenvalue weighted by Gasteiger charge is -2.15. The lowest BCUT2D eigenvalue weighted by Crippen LogP contribution is -2.20. The standard InChI is InChI=1S/C20H24N6O2/c1-5-7-15-11-17(12-16(15)8-6-2)23-20-22-13(3)18(26(27)28)19(24-20)25-10-9-21-14(25)4/h5-10,17H,11-12H2,1-4H3,(H,22,23,24)/b7-5-,8-6-. The summed E-state index contributed by atoms with van der Waals surface area (Å²) in [6.45, 7) is 7.42. The van der Waals surface area contributed by atoms with E-state index in [1.54, 1.807) is 30.8 Å². The molecule has 146 valence electrons. The van der Waals surface area contributed by atoms with Gasteiger partial charge in [-0.1, -0.05) is 24.3 Å². The zero-order valence-electron chi connectivity index (χ0n) is 16.5. The number of anilines is 1. The third kappa shape index (κ3) is 3.85. The highest BCUT2D eigenvalue weighted by Crippen LogP contribution is 2.32. The zero-order valence-corrected chi connectivity index (χ0v) is 16.5. The lowest BCUT2D eigenvalue weighted by atomic mass is 10.1. The Labute approximate surface area is 163 Å². The Morgan fingerprint density at radius 2 is 1.82 bits per heavy atom. The number of aromatic nitrogens is 4. The van der Waals surface area contributed by atoms with Gasteiger partial charge >= 0.3 is 5.69 Å². The number of nitro groups is 1. The van der Waals surface area contributed by atoms with Gasteiger partial charge in [0, 0.05) is 18.4 Å². The van der Waals surface area contributed by atoms with E-state index in [1.807, 2.05) is 26.0 Å². The molecule has 0 spiro atoms. The maximum absolute atomic E-state index is 11.6. The van der Waals surface area contributed by atoms with Gasteiger partial charge in [-0.05, 0) is 51.7 Å². The van der Waals surface area contributed by atoms with E-state index in [-0.39, 0.29) is 17.5 Å². The van der Waals surface area contributed by atoms with Gasteiger partial charge in [0.25, 0.3) is 0 Å². The number of rotatable bonds is 6. The van der Waals surface area contributed by atoms with Crippen molar-refractivity contribution in [2.75, 3.05) is 5.32 Å². The molecule has 0 unspecified atom stereocenters. The number of hydrogen-bond donors (Lipinski definition) is 1. The van der Waals surface area contributed by atoms with Crippen molar-refractivity contribution in [3.8, 4) is 5.82 Å². The van der Waals surface area contributed by atoms with Gasteiger partial charge in [0.2, 0.25) is 11.8 Å². The molecule has 8 nitrogen and oxygen atoms in total. The summed E-state index contributed by atoms with van der Waals surface area (Å²) in [5, 5.41) is 14.9. The van der Waals surface area contributed by atoms with E-state index in [0.29, 0.717) is 17.5 Å². The summed E-state index contributed by atoms with van der Waals surface area (Å²) in [4.78, 5) is 24.1. The number of allylic oxidation sites excluding steroid dienone is 4. The predicted molar refractivity (Wildman–Crippen MR) is 109 cm³/mol. The Balaban J connectivity index is 1.93. The highest BCUT2D eigenvalue weighted by molar-refractivity contribution is 5.54. The summed E-state index contributed by atoms with van der Waals surface area (Å²) in [7, 11) is 0. The maximum Gasteiger partial charge on any atom is 0.333 e. The molecule has 0 aliphatic heterocycles. The first-order valence-corrected chi connectivity index (χ1v) is 9.21. The largest absolute Gasteiger partial charge is 0.351 e. The number of imidazole rings is 1. The molecule has 0 fully saturated rings. The fraction of sp³-hybridized carbons (Fsp3) is 0.350. The Bertz CT molecular complexity index is 963. The Morgan fingerprint density at radius 1 is 1.18 bits per heavy atom. The lowest BCUT2D eigenvalue weighted by molar-refractivity contribution is -0.385. The molecule has 0 saturated carbocycles. The average molecular weight is 380 g/mol. The molecule has 2 aromatic heterocycles. The van der Waals surface area contributed by atoms with Crippen LogP contribution in [0.2, 0.25) is 0 Å². The van der Waals surface area contributed by atoms with Gasteiger partial charge in [0.05, 0.1) is 4.92 Å². The van der Waals surface area contributed by atoms with Crippen LogP contribution < -0.4 is 5.32 Å². The monoisotopic (exact) mass is 380 g/mol. The van der Waals surface area contributed by atoms with E-state index >= 15 is 0 Å². The van der Waals surface area contributed by atoms with Crippen LogP contribution in [0.4, 0.5) is 11.6 Å². The molecular formula is C20H24N6O2. The van der Waals surface area contributed by atoms with Gasteiger partial charge in [0.15, 0.2) is 0 Å². The van der Waals surface area contributed by atoms with E-state index in [1.165, 1.54) is 11.1 Å². The molecule has 1 aliphatic carbocycles. The van der Waals surface area contributed by atoms with Gasteiger partial charge in [-0.2, -0.15) is 4.98 Å². The minimum absolute atomic E-state index is 0.111. The minimum atomic E-state index is -0.445. The fourth-order valence-corrected chi connectivity index (χ4v) is 3.50. The van der Waals surface area contributed by atoms with Crippen LogP contribution in [0, 0.1) is 24.0 Å². The first-order chi connectivity index (χ1) is 13.4. The van der Waals surface area contributed by atoms with Crippen LogP contribution in [-0.4, -0.2) is 30.5 Å². The van der Waals surface area contributed by atoms with Gasteiger partial charge in [-0.15, -0.1) is 0 Å². The Morgan fingerprint density at radius 3 is 2.32 bits per heavy atom. The molecule has 28 heavy (non-hydrogen) atoms. The van der Waals surface area contributed by atoms with E-state index in [4.69, 9.17) is 0 Å². The Hall–Kier alpha value is -3.29. The average Bonchev–Trinajstić information content (AvgIpc) is 3.21. The van der Waals surface area contributed by atoms with Crippen molar-refractivity contribution in [3.05, 3.63) is 69.5 Å². The van der Waals surface area contributed by atoms with Gasteiger partial charge in [-0.3, -0.25) is 14.7 Å². The number of hydrogen-bond acceptors (Lipinski definition) is 6. The van der Waals surface area contributed by atoms with E-state index < -0.39 is 4.92 Å². The fourth-order valence-electron chi connectivity index (χ4n) is 3.50. The second-order valence-electron chi connectivity index (χ2n) is 6.71. The Kier molecular flexibility index (Phi) is 5.67. The van der Waals surface area contributed by atoms with Crippen LogP contribution in [0.1, 0.15) is 38.2 Å². The molecule has 0 bridgehead atoms. The molecule has 0 radical (unpaired) electrons. The van der Waals surface area contributed by atoms with Crippen molar-refractivity contribution in [2.45, 2.75) is 46.6 Å². The van der Waals surface area contributed by atoms with Crippen molar-refractivity contribution in [1.82, 2.24) is 19.5 Å². The van der Waals surface area contributed by atoms with E-state index in [2.05, 4.69) is 32.4 Å². The molecule has 1 N–H and O–H groups in total. The third-order valence-electron chi connectivity index (χ3n) is 4.69. The normalized spacial score (nSPS) is 15.3. The van der Waals surface area contributed by atoms with Gasteiger partial charge < -0.3 is 5.32 Å². The van der Waals surface area contributed by atoms with Crippen LogP contribution in [0.5, 0.6) is 0 Å². The summed E-state index contributed by atoms with van der Waals surface area (Å²) in [6, 6.07) is 0.134. The van der Waals surface area contributed by atoms with E-state index in [0.717, 1.165) is 12.8 Å². The molecular weight excluding hydrogens is 356 g/mol. The molecule has 0 atom stereocenters.